The monoisotopic (exact) mass is 255 g/mol. The van der Waals surface area contributed by atoms with Crippen LogP contribution in [0.15, 0.2) is 24.3 Å². The van der Waals surface area contributed by atoms with E-state index < -0.39 is 6.10 Å². The Balaban J connectivity index is 1.80. The Morgan fingerprint density at radius 1 is 1.29 bits per heavy atom. The molecule has 3 nitrogen and oxygen atoms in total. The van der Waals surface area contributed by atoms with Crippen LogP contribution in [0.3, 0.4) is 0 Å². The molecule has 0 spiro atoms. The van der Waals surface area contributed by atoms with Gasteiger partial charge in [0.25, 0.3) is 0 Å². The van der Waals surface area contributed by atoms with Gasteiger partial charge in [0.1, 0.15) is 0 Å². The first-order valence-electron chi connectivity index (χ1n) is 6.00. The van der Waals surface area contributed by atoms with Gasteiger partial charge in [0, 0.05) is 30.8 Å². The van der Waals surface area contributed by atoms with Gasteiger partial charge >= 0.3 is 0 Å². The van der Waals surface area contributed by atoms with Crippen molar-refractivity contribution in [2.75, 3.05) is 19.8 Å². The van der Waals surface area contributed by atoms with Crippen LogP contribution in [0, 0.1) is 0 Å². The number of nitrogens with one attached hydrogen (secondary N) is 1. The maximum absolute atomic E-state index is 10.0. The minimum absolute atomic E-state index is 0.464. The van der Waals surface area contributed by atoms with E-state index in [0.717, 1.165) is 31.6 Å². The molecule has 2 rings (SSSR count). The molecule has 0 saturated carbocycles. The number of aliphatic hydroxyl groups excluding tert-OH is 1. The lowest BCUT2D eigenvalue weighted by molar-refractivity contribution is 0.0724. The molecule has 0 bridgehead atoms. The van der Waals surface area contributed by atoms with Crippen LogP contribution in [0.5, 0.6) is 0 Å². The largest absolute Gasteiger partial charge is 0.387 e. The number of ether oxygens (including phenoxy) is 1. The molecular weight excluding hydrogens is 238 g/mol. The zero-order chi connectivity index (χ0) is 12.1. The molecule has 2 N–H and O–H groups in total. The fourth-order valence-corrected chi connectivity index (χ4v) is 2.11. The number of aliphatic hydroxyl groups is 1. The fraction of sp³-hybridized carbons (Fsp3) is 0.538. The van der Waals surface area contributed by atoms with E-state index in [1.54, 1.807) is 12.1 Å². The van der Waals surface area contributed by atoms with Crippen LogP contribution in [0.4, 0.5) is 0 Å². The van der Waals surface area contributed by atoms with Crippen LogP contribution >= 0.6 is 11.6 Å². The summed E-state index contributed by atoms with van der Waals surface area (Å²) in [7, 11) is 0. The van der Waals surface area contributed by atoms with Crippen molar-refractivity contribution in [2.45, 2.75) is 25.0 Å². The summed E-state index contributed by atoms with van der Waals surface area (Å²) >= 11 is 5.80. The number of hydrogen-bond donors (Lipinski definition) is 2. The molecule has 4 heteroatoms. The average Bonchev–Trinajstić information content (AvgIpc) is 2.38. The second kappa shape index (κ2) is 6.36. The first-order valence-corrected chi connectivity index (χ1v) is 6.38. The van der Waals surface area contributed by atoms with Crippen LogP contribution in [0.2, 0.25) is 5.02 Å². The van der Waals surface area contributed by atoms with Crippen molar-refractivity contribution in [3.63, 3.8) is 0 Å². The topological polar surface area (TPSA) is 41.5 Å². The molecular formula is C13H18ClNO2. The average molecular weight is 256 g/mol. The molecule has 1 saturated heterocycles. The Morgan fingerprint density at radius 2 is 1.94 bits per heavy atom. The van der Waals surface area contributed by atoms with Crippen molar-refractivity contribution in [1.82, 2.24) is 5.32 Å². The fourth-order valence-electron chi connectivity index (χ4n) is 1.98. The molecule has 94 valence electrons. The predicted molar refractivity (Wildman–Crippen MR) is 68.3 cm³/mol. The van der Waals surface area contributed by atoms with Crippen molar-refractivity contribution in [3.05, 3.63) is 34.9 Å². The Hall–Kier alpha value is -0.610. The minimum Gasteiger partial charge on any atom is -0.387 e. The first kappa shape index (κ1) is 12.8. The molecule has 1 atom stereocenters. The lowest BCUT2D eigenvalue weighted by Crippen LogP contribution is -2.37. The van der Waals surface area contributed by atoms with Gasteiger partial charge in [0.05, 0.1) is 6.10 Å². The van der Waals surface area contributed by atoms with Crippen molar-refractivity contribution in [3.8, 4) is 0 Å². The number of rotatable bonds is 4. The van der Waals surface area contributed by atoms with E-state index in [4.69, 9.17) is 16.3 Å². The van der Waals surface area contributed by atoms with Gasteiger partial charge in [-0.15, -0.1) is 0 Å². The quantitative estimate of drug-likeness (QED) is 0.866. The Morgan fingerprint density at radius 3 is 2.59 bits per heavy atom. The Labute approximate surface area is 107 Å². The predicted octanol–water partition coefficient (Wildman–Crippen LogP) is 2.14. The summed E-state index contributed by atoms with van der Waals surface area (Å²) in [5.41, 5.74) is 0.897. The van der Waals surface area contributed by atoms with Crippen LogP contribution < -0.4 is 5.32 Å². The summed E-state index contributed by atoms with van der Waals surface area (Å²) in [6, 6.07) is 7.78. The highest BCUT2D eigenvalue weighted by Gasteiger charge is 2.15. The van der Waals surface area contributed by atoms with E-state index in [0.29, 0.717) is 17.6 Å². The maximum atomic E-state index is 10.0. The van der Waals surface area contributed by atoms with Crippen LogP contribution in [0.25, 0.3) is 0 Å². The van der Waals surface area contributed by atoms with Gasteiger partial charge in [0.15, 0.2) is 0 Å². The first-order chi connectivity index (χ1) is 8.25. The Kier molecular flexibility index (Phi) is 4.80. The van der Waals surface area contributed by atoms with Gasteiger partial charge in [-0.3, -0.25) is 0 Å². The lowest BCUT2D eigenvalue weighted by atomic mass is 10.1. The van der Waals surface area contributed by atoms with E-state index in [9.17, 15) is 5.11 Å². The molecule has 1 aromatic rings. The van der Waals surface area contributed by atoms with E-state index in [-0.39, 0.29) is 0 Å². The third-order valence-corrected chi connectivity index (χ3v) is 3.33. The maximum Gasteiger partial charge on any atom is 0.0914 e. The SMILES string of the molecule is O[C@H](CNC1CCOCC1)c1ccc(Cl)cc1. The number of halogens is 1. The number of hydrogen-bond acceptors (Lipinski definition) is 3. The van der Waals surface area contributed by atoms with Gasteiger partial charge in [0.2, 0.25) is 0 Å². The third-order valence-electron chi connectivity index (χ3n) is 3.08. The zero-order valence-corrected chi connectivity index (χ0v) is 10.5. The summed E-state index contributed by atoms with van der Waals surface area (Å²) in [6.07, 6.45) is 1.57. The molecule has 1 aliphatic rings. The van der Waals surface area contributed by atoms with Crippen molar-refractivity contribution >= 4 is 11.6 Å². The number of benzene rings is 1. The highest BCUT2D eigenvalue weighted by atomic mass is 35.5. The molecule has 0 aliphatic carbocycles. The molecule has 0 amide bonds. The second-order valence-corrected chi connectivity index (χ2v) is 4.80. The molecule has 0 unspecified atom stereocenters. The Bertz CT molecular complexity index is 336. The summed E-state index contributed by atoms with van der Waals surface area (Å²) in [6.45, 7) is 2.20. The summed E-state index contributed by atoms with van der Waals surface area (Å²) in [5, 5.41) is 14.1. The lowest BCUT2D eigenvalue weighted by Gasteiger charge is -2.24. The van der Waals surface area contributed by atoms with Crippen molar-refractivity contribution < 1.29 is 9.84 Å². The van der Waals surface area contributed by atoms with Crippen molar-refractivity contribution in [1.29, 1.82) is 0 Å². The third kappa shape index (κ3) is 3.96. The minimum atomic E-state index is -0.477. The molecule has 1 fully saturated rings. The normalized spacial score (nSPS) is 19.2. The molecule has 1 heterocycles. The summed E-state index contributed by atoms with van der Waals surface area (Å²) < 4.78 is 5.29. The molecule has 1 aliphatic heterocycles. The smallest absolute Gasteiger partial charge is 0.0914 e. The van der Waals surface area contributed by atoms with E-state index in [1.165, 1.54) is 0 Å². The van der Waals surface area contributed by atoms with Gasteiger partial charge in [-0.1, -0.05) is 23.7 Å². The van der Waals surface area contributed by atoms with Crippen LogP contribution in [-0.2, 0) is 4.74 Å². The van der Waals surface area contributed by atoms with Crippen LogP contribution in [-0.4, -0.2) is 30.9 Å². The van der Waals surface area contributed by atoms with Gasteiger partial charge in [-0.2, -0.15) is 0 Å². The van der Waals surface area contributed by atoms with Crippen molar-refractivity contribution in [2.24, 2.45) is 0 Å². The zero-order valence-electron chi connectivity index (χ0n) is 9.73. The second-order valence-electron chi connectivity index (χ2n) is 4.36. The van der Waals surface area contributed by atoms with E-state index >= 15 is 0 Å². The standard InChI is InChI=1S/C13H18ClNO2/c14-11-3-1-10(2-4-11)13(16)9-15-12-5-7-17-8-6-12/h1-4,12-13,15-16H,5-9H2/t13-/m1/s1. The molecule has 1 aromatic carbocycles. The summed E-state index contributed by atoms with van der Waals surface area (Å²) in [4.78, 5) is 0. The van der Waals surface area contributed by atoms with Crippen LogP contribution in [0.1, 0.15) is 24.5 Å². The van der Waals surface area contributed by atoms with Gasteiger partial charge in [-0.25, -0.2) is 0 Å². The molecule has 17 heavy (non-hydrogen) atoms. The van der Waals surface area contributed by atoms with E-state index in [1.807, 2.05) is 12.1 Å². The molecule has 0 aromatic heterocycles. The van der Waals surface area contributed by atoms with Gasteiger partial charge < -0.3 is 15.2 Å². The van der Waals surface area contributed by atoms with E-state index in [2.05, 4.69) is 5.32 Å². The highest BCUT2D eigenvalue weighted by molar-refractivity contribution is 6.30. The van der Waals surface area contributed by atoms with Gasteiger partial charge in [-0.05, 0) is 30.5 Å². The summed E-state index contributed by atoms with van der Waals surface area (Å²) in [5.74, 6) is 0. The highest BCUT2D eigenvalue weighted by Crippen LogP contribution is 2.16. The molecule has 0 radical (unpaired) electrons.